The van der Waals surface area contributed by atoms with Crippen LogP contribution in [0.3, 0.4) is 0 Å². The molecule has 3 aromatic heterocycles. The fourth-order valence-electron chi connectivity index (χ4n) is 20.0. The van der Waals surface area contributed by atoms with Gasteiger partial charge in [0.2, 0.25) is 0 Å². The SMILES string of the molecule is CC.CC.CC.CC.CC.CC.CC.CC.CC.CC.CC.CC1(C)c2ccccc2-c2ccccc21.Cc1cccc2c1C(C)(C)c1ccccc1-2.Cc1cccc2c1oc1ccccc12.Cc1cccc2c1sc1ccccc12.c1ccc(C2(c3ccccc3)c3ccccc3-c3ccccc32)cc1.c1ccc(C2(c3ccccc3)c3ccccc3-c3ccccc32)cc1.c1ccc2c(c1)sc1ccccc12. The molecule has 1 nitrogen and oxygen atoms in total. The number of benzene rings is 18. The number of furan rings is 1. The van der Waals surface area contributed by atoms with Gasteiger partial charge in [0.15, 0.2) is 0 Å². The minimum Gasteiger partial charge on any atom is -0.456 e. The van der Waals surface area contributed by atoms with E-state index in [1.54, 1.807) is 0 Å². The summed E-state index contributed by atoms with van der Waals surface area (Å²) in [4.78, 5) is 0. The Morgan fingerprint density at radius 1 is 0.174 bits per heavy atom. The van der Waals surface area contributed by atoms with Crippen molar-refractivity contribution in [3.05, 3.63) is 526 Å². The lowest BCUT2D eigenvalue weighted by Gasteiger charge is -2.33. The van der Waals surface area contributed by atoms with Crippen molar-refractivity contribution in [1.82, 2.24) is 0 Å². The van der Waals surface area contributed by atoms with Gasteiger partial charge in [0.1, 0.15) is 11.2 Å². The van der Waals surface area contributed by atoms with Gasteiger partial charge in [-0.1, -0.05) is 599 Å². The minimum atomic E-state index is -0.254. The number of aryl methyl sites for hydroxylation is 3. The van der Waals surface area contributed by atoms with Crippen molar-refractivity contribution in [2.75, 3.05) is 0 Å². The molecule has 0 N–H and O–H groups in total. The fourth-order valence-corrected chi connectivity index (χ4v) is 22.3. The fraction of sp³-hybridized carbons (Fsp3) is 0.234. The van der Waals surface area contributed by atoms with Gasteiger partial charge in [0, 0.05) is 61.9 Å². The van der Waals surface area contributed by atoms with E-state index in [1.807, 2.05) is 193 Å². The highest BCUT2D eigenvalue weighted by Crippen LogP contribution is 2.59. The van der Waals surface area contributed by atoms with E-state index in [-0.39, 0.29) is 21.7 Å². The lowest BCUT2D eigenvalue weighted by molar-refractivity contribution is 0.655. The van der Waals surface area contributed by atoms with Crippen LogP contribution in [0.4, 0.5) is 0 Å². The summed E-state index contributed by atoms with van der Waals surface area (Å²) in [7, 11) is 0. The molecule has 742 valence electrons. The largest absolute Gasteiger partial charge is 0.456 e. The minimum absolute atomic E-state index is 0.150. The van der Waals surface area contributed by atoms with E-state index >= 15 is 0 Å². The van der Waals surface area contributed by atoms with Gasteiger partial charge in [-0.05, 0) is 173 Å². The molecule has 21 aromatic rings. The molecule has 144 heavy (non-hydrogen) atoms. The molecule has 3 heteroatoms. The third-order valence-electron chi connectivity index (χ3n) is 25.5. The summed E-state index contributed by atoms with van der Waals surface area (Å²) in [5.41, 5.74) is 33.3. The second kappa shape index (κ2) is 58.1. The first-order chi connectivity index (χ1) is 70.8. The lowest BCUT2D eigenvalue weighted by atomic mass is 9.68. The molecule has 0 radical (unpaired) electrons. The van der Waals surface area contributed by atoms with Crippen LogP contribution in [0.1, 0.15) is 263 Å². The summed E-state index contributed by atoms with van der Waals surface area (Å²) in [6, 6.07) is 158. The zero-order valence-electron chi connectivity index (χ0n) is 91.9. The van der Waals surface area contributed by atoms with Gasteiger partial charge in [-0.25, -0.2) is 0 Å². The molecule has 0 spiro atoms. The Kier molecular flexibility index (Phi) is 46.6. The quantitative estimate of drug-likeness (QED) is 0.171. The zero-order chi connectivity index (χ0) is 105. The van der Waals surface area contributed by atoms with E-state index < -0.39 is 0 Å². The van der Waals surface area contributed by atoms with Crippen LogP contribution < -0.4 is 0 Å². The summed E-state index contributed by atoms with van der Waals surface area (Å²) in [6.45, 7) is 59.7. The second-order valence-corrected chi connectivity index (χ2v) is 35.4. The first-order valence-corrected chi connectivity index (χ1v) is 55.1. The van der Waals surface area contributed by atoms with Gasteiger partial charge in [0.05, 0.1) is 10.8 Å². The Balaban J connectivity index is 0.000000201. The molecular weight excluding hydrogens is 1770 g/mol. The van der Waals surface area contributed by atoms with Gasteiger partial charge in [-0.3, -0.25) is 0 Å². The maximum absolute atomic E-state index is 5.78. The standard InChI is InChI=1S/2C25H18.C16H16.C15H14.C13H10O.C13H10S.C12H8S.11C2H6/c2*1-3-11-19(12-4-1)25(20-13-5-2-6-14-20)23-17-9-7-15-21(23)22-16-8-10-18-24(22)25;1-11-7-6-9-13-12-8-4-5-10-14(12)16(2,3)15(11)13;1-15(2)13-9-5-3-7-11(13)12-8-4-6-10-14(12)15;2*1-9-5-4-7-11-10-6-2-3-8-12(10)14-13(9)11;1-3-7-11-9(5-1)10-6-2-4-8-12(10)13-11;11*1-2/h2*1-18H;4-10H,1-3H3;3-10H,1-2H3;2*2-8H,1H3;1-8H;11*1-2H3. The van der Waals surface area contributed by atoms with E-state index in [0.29, 0.717) is 0 Å². The molecule has 25 rings (SSSR count). The molecule has 0 atom stereocenters. The molecule has 0 bridgehead atoms. The van der Waals surface area contributed by atoms with E-state index in [0.717, 1.165) is 11.2 Å². The molecule has 3 heterocycles. The van der Waals surface area contributed by atoms with Gasteiger partial charge in [0.25, 0.3) is 0 Å². The highest BCUT2D eigenvalue weighted by atomic mass is 32.1. The summed E-state index contributed by atoms with van der Waals surface area (Å²) in [6.07, 6.45) is 0. The molecule has 0 aliphatic heterocycles. The van der Waals surface area contributed by atoms with Crippen molar-refractivity contribution in [2.24, 2.45) is 0 Å². The Morgan fingerprint density at radius 2 is 0.403 bits per heavy atom. The molecule has 4 aliphatic rings. The van der Waals surface area contributed by atoms with Crippen LogP contribution in [0.5, 0.6) is 0 Å². The van der Waals surface area contributed by atoms with Crippen LogP contribution in [0.15, 0.2) is 447 Å². The van der Waals surface area contributed by atoms with E-state index in [9.17, 15) is 0 Å². The molecular formula is C141H160OS2. The van der Waals surface area contributed by atoms with Crippen molar-refractivity contribution in [3.8, 4) is 44.5 Å². The zero-order valence-corrected chi connectivity index (χ0v) is 93.5. The molecule has 0 fully saturated rings. The van der Waals surface area contributed by atoms with E-state index in [1.165, 1.54) is 179 Å². The molecule has 0 amide bonds. The molecule has 0 saturated carbocycles. The Morgan fingerprint density at radius 3 is 0.757 bits per heavy atom. The van der Waals surface area contributed by atoms with Crippen molar-refractivity contribution >= 4 is 85.0 Å². The van der Waals surface area contributed by atoms with E-state index in [2.05, 4.69) is 473 Å². The Bertz CT molecular complexity index is 6800. The summed E-state index contributed by atoms with van der Waals surface area (Å²) in [5.74, 6) is 0. The van der Waals surface area contributed by atoms with Crippen molar-refractivity contribution in [1.29, 1.82) is 0 Å². The number of hydrogen-bond donors (Lipinski definition) is 0. The number of hydrogen-bond acceptors (Lipinski definition) is 3. The molecule has 0 saturated heterocycles. The topological polar surface area (TPSA) is 13.1 Å². The average molecular weight is 1930 g/mol. The molecule has 0 unspecified atom stereocenters. The predicted octanol–water partition coefficient (Wildman–Crippen LogP) is 44.0. The van der Waals surface area contributed by atoms with Crippen molar-refractivity contribution < 1.29 is 4.42 Å². The second-order valence-electron chi connectivity index (χ2n) is 33.2. The summed E-state index contributed by atoms with van der Waals surface area (Å²) in [5, 5.41) is 7.94. The lowest BCUT2D eigenvalue weighted by Crippen LogP contribution is -2.28. The Labute approximate surface area is 876 Å². The number of fused-ring (bicyclic) bond motifs is 21. The highest BCUT2D eigenvalue weighted by molar-refractivity contribution is 7.26. The summed E-state index contributed by atoms with van der Waals surface area (Å²) < 4.78 is 11.4. The van der Waals surface area contributed by atoms with Crippen molar-refractivity contribution in [3.63, 3.8) is 0 Å². The van der Waals surface area contributed by atoms with Crippen molar-refractivity contribution in [2.45, 2.75) is 222 Å². The third-order valence-corrected chi connectivity index (χ3v) is 28.0. The number of thiophene rings is 2. The van der Waals surface area contributed by atoms with Gasteiger partial charge in [-0.15, -0.1) is 22.7 Å². The van der Waals surface area contributed by atoms with Crippen LogP contribution in [-0.2, 0) is 21.7 Å². The van der Waals surface area contributed by atoms with Crippen LogP contribution in [-0.4, -0.2) is 0 Å². The maximum Gasteiger partial charge on any atom is 0.138 e. The van der Waals surface area contributed by atoms with Gasteiger partial charge >= 0.3 is 0 Å². The normalized spacial score (nSPS) is 11.9. The smallest absolute Gasteiger partial charge is 0.138 e. The molecule has 18 aromatic carbocycles. The van der Waals surface area contributed by atoms with Crippen LogP contribution >= 0.6 is 22.7 Å². The van der Waals surface area contributed by atoms with Gasteiger partial charge < -0.3 is 4.42 Å². The highest BCUT2D eigenvalue weighted by Gasteiger charge is 2.47. The maximum atomic E-state index is 5.78. The average Bonchev–Trinajstić information content (AvgIpc) is 1.54. The first kappa shape index (κ1) is 115. The van der Waals surface area contributed by atoms with E-state index in [4.69, 9.17) is 4.42 Å². The van der Waals surface area contributed by atoms with Crippen LogP contribution in [0, 0.1) is 20.8 Å². The summed E-state index contributed by atoms with van der Waals surface area (Å²) >= 11 is 3.75. The monoisotopic (exact) mass is 1930 g/mol. The van der Waals surface area contributed by atoms with Gasteiger partial charge in [-0.2, -0.15) is 0 Å². The molecule has 4 aliphatic carbocycles. The third kappa shape index (κ3) is 24.1. The first-order valence-electron chi connectivity index (χ1n) is 53.5. The Hall–Kier alpha value is -13.8. The number of para-hydroxylation sites is 2. The van der Waals surface area contributed by atoms with Crippen LogP contribution in [0.25, 0.3) is 107 Å². The predicted molar refractivity (Wildman–Crippen MR) is 647 cm³/mol. The number of rotatable bonds is 4. The van der Waals surface area contributed by atoms with Crippen LogP contribution in [0.2, 0.25) is 0 Å².